The highest BCUT2D eigenvalue weighted by molar-refractivity contribution is 5.66. The van der Waals surface area contributed by atoms with E-state index in [0.29, 0.717) is 25.9 Å². The first-order valence-electron chi connectivity index (χ1n) is 10.0. The Bertz CT molecular complexity index is 799. The Morgan fingerprint density at radius 2 is 1.79 bits per heavy atom. The molecule has 1 saturated heterocycles. The minimum absolute atomic E-state index is 0.0566. The molecule has 0 N–H and O–H groups in total. The van der Waals surface area contributed by atoms with Crippen molar-refractivity contribution in [1.82, 2.24) is 0 Å². The summed E-state index contributed by atoms with van der Waals surface area (Å²) in [5.74, 6) is -2.71. The molecule has 1 aliphatic heterocycles. The molecule has 0 aliphatic carbocycles. The van der Waals surface area contributed by atoms with E-state index in [0.717, 1.165) is 18.4 Å². The lowest BCUT2D eigenvalue weighted by atomic mass is 9.90. The zero-order chi connectivity index (χ0) is 20.1. The molecule has 1 heterocycles. The van der Waals surface area contributed by atoms with Gasteiger partial charge in [-0.25, -0.2) is 13.2 Å². The molecule has 3 rings (SSSR count). The van der Waals surface area contributed by atoms with Gasteiger partial charge in [-0.05, 0) is 42.9 Å². The van der Waals surface area contributed by atoms with Crippen molar-refractivity contribution >= 4 is 0 Å². The Labute approximate surface area is 164 Å². The normalized spacial score (nSPS) is 19.8. The predicted octanol–water partition coefficient (Wildman–Crippen LogP) is 6.37. The van der Waals surface area contributed by atoms with Crippen LogP contribution in [0.1, 0.15) is 56.6 Å². The molecule has 152 valence electrons. The number of hydrogen-bond donors (Lipinski definition) is 0. The molecule has 2 aromatic carbocycles. The van der Waals surface area contributed by atoms with Crippen molar-refractivity contribution in [2.45, 2.75) is 58.2 Å². The zero-order valence-electron chi connectivity index (χ0n) is 16.4. The smallest absolute Gasteiger partial charge is 0.167 e. The molecule has 2 nitrogen and oxygen atoms in total. The van der Waals surface area contributed by atoms with Gasteiger partial charge in [0.05, 0.1) is 6.61 Å². The number of hydrogen-bond acceptors (Lipinski definition) is 2. The van der Waals surface area contributed by atoms with Crippen molar-refractivity contribution in [3.63, 3.8) is 0 Å². The van der Waals surface area contributed by atoms with Crippen molar-refractivity contribution in [2.24, 2.45) is 0 Å². The van der Waals surface area contributed by atoms with Gasteiger partial charge < -0.3 is 9.47 Å². The first-order valence-corrected chi connectivity index (χ1v) is 10.0. The predicted molar refractivity (Wildman–Crippen MR) is 104 cm³/mol. The van der Waals surface area contributed by atoms with Crippen LogP contribution in [0, 0.1) is 17.5 Å². The largest absolute Gasteiger partial charge is 0.353 e. The van der Waals surface area contributed by atoms with Crippen LogP contribution in [0.5, 0.6) is 0 Å². The number of unbranched alkanes of at least 4 members (excludes halogenated alkanes) is 1. The van der Waals surface area contributed by atoms with Crippen LogP contribution in [0.4, 0.5) is 13.2 Å². The molecule has 0 spiro atoms. The van der Waals surface area contributed by atoms with Crippen LogP contribution in [0.3, 0.4) is 0 Å². The number of halogens is 3. The Kier molecular flexibility index (Phi) is 7.13. The fourth-order valence-corrected chi connectivity index (χ4v) is 3.55. The van der Waals surface area contributed by atoms with Gasteiger partial charge in [0, 0.05) is 23.7 Å². The minimum atomic E-state index is -1.01. The second-order valence-electron chi connectivity index (χ2n) is 7.26. The summed E-state index contributed by atoms with van der Waals surface area (Å²) in [6.07, 6.45) is 3.73. The van der Waals surface area contributed by atoms with Crippen LogP contribution < -0.4 is 0 Å². The average Bonchev–Trinajstić information content (AvgIpc) is 2.71. The molecule has 2 unspecified atom stereocenters. The van der Waals surface area contributed by atoms with E-state index in [1.807, 2.05) is 6.92 Å². The summed E-state index contributed by atoms with van der Waals surface area (Å²) < 4.78 is 55.2. The molecule has 2 aromatic rings. The number of benzene rings is 2. The Morgan fingerprint density at radius 3 is 2.43 bits per heavy atom. The summed E-state index contributed by atoms with van der Waals surface area (Å²) in [6, 6.07) is 7.62. The molecule has 2 atom stereocenters. The van der Waals surface area contributed by atoms with Crippen molar-refractivity contribution in [1.29, 1.82) is 0 Å². The Balaban J connectivity index is 1.74. The van der Waals surface area contributed by atoms with Gasteiger partial charge in [-0.1, -0.05) is 44.5 Å². The lowest BCUT2D eigenvalue weighted by Crippen LogP contribution is -2.28. The maximum Gasteiger partial charge on any atom is 0.167 e. The molecule has 0 amide bonds. The molecule has 5 heteroatoms. The number of aryl methyl sites for hydroxylation is 1. The molecule has 0 bridgehead atoms. The Morgan fingerprint density at radius 1 is 1.00 bits per heavy atom. The monoisotopic (exact) mass is 392 g/mol. The van der Waals surface area contributed by atoms with Crippen molar-refractivity contribution < 1.29 is 22.6 Å². The summed E-state index contributed by atoms with van der Waals surface area (Å²) in [7, 11) is 0. The van der Waals surface area contributed by atoms with E-state index in [2.05, 4.69) is 6.92 Å². The number of rotatable bonds is 7. The average molecular weight is 392 g/mol. The molecule has 0 aromatic heterocycles. The Hall–Kier alpha value is -1.85. The van der Waals surface area contributed by atoms with Gasteiger partial charge in [0.2, 0.25) is 0 Å². The van der Waals surface area contributed by atoms with Crippen molar-refractivity contribution in [2.75, 3.05) is 13.2 Å². The number of ether oxygens (including phenoxy) is 2. The molecule has 1 aliphatic rings. The van der Waals surface area contributed by atoms with E-state index in [1.54, 1.807) is 12.1 Å². The highest BCUT2D eigenvalue weighted by Gasteiger charge is 2.27. The minimum Gasteiger partial charge on any atom is -0.353 e. The van der Waals surface area contributed by atoms with Gasteiger partial charge in [0.25, 0.3) is 0 Å². The third-order valence-electron chi connectivity index (χ3n) is 5.32. The second-order valence-corrected chi connectivity index (χ2v) is 7.26. The maximum atomic E-state index is 14.8. The fourth-order valence-electron chi connectivity index (χ4n) is 3.55. The van der Waals surface area contributed by atoms with Gasteiger partial charge in [-0.3, -0.25) is 0 Å². The van der Waals surface area contributed by atoms with E-state index in [1.165, 1.54) is 18.2 Å². The third-order valence-corrected chi connectivity index (χ3v) is 5.32. The first kappa shape index (κ1) is 20.9. The lowest BCUT2D eigenvalue weighted by molar-refractivity contribution is -0.167. The van der Waals surface area contributed by atoms with Crippen LogP contribution in [0.25, 0.3) is 11.1 Å². The van der Waals surface area contributed by atoms with Gasteiger partial charge >= 0.3 is 0 Å². The van der Waals surface area contributed by atoms with Crippen molar-refractivity contribution in [3.8, 4) is 11.1 Å². The molecule has 1 fully saturated rings. The molecule has 0 saturated carbocycles. The van der Waals surface area contributed by atoms with Crippen LogP contribution in [0.15, 0.2) is 30.3 Å². The van der Waals surface area contributed by atoms with Crippen LogP contribution in [-0.4, -0.2) is 19.5 Å². The van der Waals surface area contributed by atoms with E-state index >= 15 is 0 Å². The third kappa shape index (κ3) is 4.58. The highest BCUT2D eigenvalue weighted by Crippen LogP contribution is 2.35. The van der Waals surface area contributed by atoms with E-state index in [9.17, 15) is 13.2 Å². The van der Waals surface area contributed by atoms with Gasteiger partial charge in [0.15, 0.2) is 17.9 Å². The summed E-state index contributed by atoms with van der Waals surface area (Å²) in [6.45, 7) is 4.93. The highest BCUT2D eigenvalue weighted by atomic mass is 19.2. The van der Waals surface area contributed by atoms with Gasteiger partial charge in [0.1, 0.15) is 5.82 Å². The van der Waals surface area contributed by atoms with E-state index in [4.69, 9.17) is 9.47 Å². The van der Waals surface area contributed by atoms with Crippen molar-refractivity contribution in [3.05, 3.63) is 58.9 Å². The SMILES string of the molecule is CCCCOC1CCC(c2ccc(-c3ccc(CC)cc3F)c(F)c2F)CO1. The summed E-state index contributed by atoms with van der Waals surface area (Å²) >= 11 is 0. The molecular formula is C23H27F3O2. The van der Waals surface area contributed by atoms with Gasteiger partial charge in [-0.2, -0.15) is 0 Å². The van der Waals surface area contributed by atoms with Crippen LogP contribution >= 0.6 is 0 Å². The van der Waals surface area contributed by atoms with Gasteiger partial charge in [-0.15, -0.1) is 0 Å². The second kappa shape index (κ2) is 9.57. The summed E-state index contributed by atoms with van der Waals surface area (Å²) in [5, 5.41) is 0. The van der Waals surface area contributed by atoms with Crippen LogP contribution in [0.2, 0.25) is 0 Å². The summed E-state index contributed by atoms with van der Waals surface area (Å²) in [5.41, 5.74) is 1.11. The van der Waals surface area contributed by atoms with E-state index in [-0.39, 0.29) is 35.5 Å². The van der Waals surface area contributed by atoms with E-state index < -0.39 is 17.5 Å². The topological polar surface area (TPSA) is 18.5 Å². The lowest BCUT2D eigenvalue weighted by Gasteiger charge is -2.29. The zero-order valence-corrected chi connectivity index (χ0v) is 16.4. The summed E-state index contributed by atoms with van der Waals surface area (Å²) in [4.78, 5) is 0. The molecular weight excluding hydrogens is 365 g/mol. The standard InChI is InChI=1S/C23H27F3O2/c1-3-5-12-27-21-11-7-16(14-28-21)17-9-10-19(23(26)22(17)25)18-8-6-15(4-2)13-20(18)24/h6,8-10,13,16,21H,3-5,7,11-12,14H2,1-2H3. The molecule has 0 radical (unpaired) electrons. The van der Waals surface area contributed by atoms with Crippen LogP contribution in [-0.2, 0) is 15.9 Å². The maximum absolute atomic E-state index is 14.8. The quantitative estimate of drug-likeness (QED) is 0.510. The molecule has 28 heavy (non-hydrogen) atoms. The first-order chi connectivity index (χ1) is 13.5. The fraction of sp³-hybridized carbons (Fsp3) is 0.478.